The van der Waals surface area contributed by atoms with E-state index in [1.165, 1.54) is 6.42 Å². The van der Waals surface area contributed by atoms with E-state index in [-0.39, 0.29) is 17.3 Å². The quantitative estimate of drug-likeness (QED) is 0.749. The smallest absolute Gasteiger partial charge is 0.168 e. The van der Waals surface area contributed by atoms with Crippen molar-refractivity contribution in [2.24, 2.45) is 5.41 Å². The van der Waals surface area contributed by atoms with Crippen molar-refractivity contribution in [3.05, 3.63) is 48.2 Å². The normalized spacial score (nSPS) is 26.0. The van der Waals surface area contributed by atoms with Gasteiger partial charge in [-0.3, -0.25) is 4.79 Å². The van der Waals surface area contributed by atoms with Crippen LogP contribution in [0.15, 0.2) is 42.7 Å². The van der Waals surface area contributed by atoms with Crippen LogP contribution in [0.4, 0.5) is 0 Å². The molecule has 2 nitrogen and oxygen atoms in total. The van der Waals surface area contributed by atoms with Gasteiger partial charge in [-0.1, -0.05) is 49.6 Å². The molecule has 18 heavy (non-hydrogen) atoms. The van der Waals surface area contributed by atoms with Gasteiger partial charge in [-0.25, -0.2) is 0 Å². The molecule has 1 unspecified atom stereocenters. The van der Waals surface area contributed by atoms with Crippen LogP contribution >= 0.6 is 0 Å². The zero-order chi connectivity index (χ0) is 12.4. The molecule has 94 valence electrons. The fraction of sp³-hybridized carbons (Fsp3) is 0.438. The molecule has 1 fully saturated rings. The van der Waals surface area contributed by atoms with E-state index in [2.05, 4.69) is 12.1 Å². The minimum atomic E-state index is -0.311. The first-order valence-corrected chi connectivity index (χ1v) is 6.74. The topological polar surface area (TPSA) is 26.3 Å². The van der Waals surface area contributed by atoms with Gasteiger partial charge in [0.1, 0.15) is 6.10 Å². The van der Waals surface area contributed by atoms with E-state index in [4.69, 9.17) is 4.74 Å². The number of ketones is 1. The van der Waals surface area contributed by atoms with E-state index in [0.29, 0.717) is 0 Å². The number of ether oxygens (including phenoxy) is 1. The highest BCUT2D eigenvalue weighted by Gasteiger charge is 2.48. The van der Waals surface area contributed by atoms with Gasteiger partial charge in [0.05, 0.1) is 11.7 Å². The lowest BCUT2D eigenvalue weighted by atomic mass is 9.65. The summed E-state index contributed by atoms with van der Waals surface area (Å²) in [7, 11) is 0. The Morgan fingerprint density at radius 1 is 1.06 bits per heavy atom. The predicted octanol–water partition coefficient (Wildman–Crippen LogP) is 3.79. The molecule has 1 atom stereocenters. The van der Waals surface area contributed by atoms with Crippen LogP contribution in [0.2, 0.25) is 0 Å². The summed E-state index contributed by atoms with van der Waals surface area (Å²) in [5.74, 6) is 0.252. The number of allylic oxidation sites excluding steroid dienone is 1. The summed E-state index contributed by atoms with van der Waals surface area (Å²) in [4.78, 5) is 12.4. The first-order valence-electron chi connectivity index (χ1n) is 6.74. The largest absolute Gasteiger partial charge is 0.492 e. The van der Waals surface area contributed by atoms with Crippen LogP contribution in [0.5, 0.6) is 0 Å². The maximum Gasteiger partial charge on any atom is 0.168 e. The summed E-state index contributed by atoms with van der Waals surface area (Å²) in [6.07, 6.45) is 8.49. The summed E-state index contributed by atoms with van der Waals surface area (Å²) >= 11 is 0. The highest BCUT2D eigenvalue weighted by molar-refractivity contribution is 5.96. The fourth-order valence-corrected chi connectivity index (χ4v) is 3.32. The molecular weight excluding hydrogens is 224 g/mol. The Morgan fingerprint density at radius 2 is 1.78 bits per heavy atom. The van der Waals surface area contributed by atoms with Gasteiger partial charge in [0.25, 0.3) is 0 Å². The second-order valence-corrected chi connectivity index (χ2v) is 5.31. The van der Waals surface area contributed by atoms with Crippen LogP contribution < -0.4 is 0 Å². The van der Waals surface area contributed by atoms with Gasteiger partial charge in [-0.05, 0) is 18.4 Å². The second kappa shape index (κ2) is 4.60. The Balaban J connectivity index is 2.01. The van der Waals surface area contributed by atoms with Crippen LogP contribution in [-0.4, -0.2) is 5.78 Å². The third kappa shape index (κ3) is 1.76. The molecule has 0 radical (unpaired) electrons. The van der Waals surface area contributed by atoms with Crippen molar-refractivity contribution in [1.82, 2.24) is 0 Å². The van der Waals surface area contributed by atoms with Gasteiger partial charge < -0.3 is 4.74 Å². The van der Waals surface area contributed by atoms with Crippen LogP contribution in [0.1, 0.15) is 43.8 Å². The van der Waals surface area contributed by atoms with Crippen molar-refractivity contribution in [1.29, 1.82) is 0 Å². The summed E-state index contributed by atoms with van der Waals surface area (Å²) in [6, 6.07) is 10.1. The van der Waals surface area contributed by atoms with Crippen molar-refractivity contribution in [2.45, 2.75) is 38.2 Å². The average molecular weight is 242 g/mol. The van der Waals surface area contributed by atoms with Gasteiger partial charge in [0.2, 0.25) is 0 Å². The Hall–Kier alpha value is -1.57. The first-order chi connectivity index (χ1) is 8.83. The van der Waals surface area contributed by atoms with Gasteiger partial charge in [-0.15, -0.1) is 0 Å². The zero-order valence-electron chi connectivity index (χ0n) is 10.5. The third-order valence-corrected chi connectivity index (χ3v) is 4.27. The van der Waals surface area contributed by atoms with Crippen molar-refractivity contribution < 1.29 is 9.53 Å². The van der Waals surface area contributed by atoms with E-state index < -0.39 is 0 Å². The van der Waals surface area contributed by atoms with Crippen molar-refractivity contribution >= 4 is 5.78 Å². The van der Waals surface area contributed by atoms with Crippen molar-refractivity contribution in [2.75, 3.05) is 0 Å². The van der Waals surface area contributed by atoms with E-state index in [1.54, 1.807) is 12.3 Å². The molecule has 3 rings (SSSR count). The molecule has 1 heterocycles. The molecule has 0 amide bonds. The van der Waals surface area contributed by atoms with Gasteiger partial charge >= 0.3 is 0 Å². The van der Waals surface area contributed by atoms with Crippen LogP contribution in [0.3, 0.4) is 0 Å². The lowest BCUT2D eigenvalue weighted by molar-refractivity contribution is -0.138. The zero-order valence-corrected chi connectivity index (χ0v) is 10.5. The second-order valence-electron chi connectivity index (χ2n) is 5.31. The Kier molecular flexibility index (Phi) is 2.94. The SMILES string of the molecule is O=C1C=COC(c2ccccc2)C12CCCCC2. The van der Waals surface area contributed by atoms with Crippen molar-refractivity contribution in [3.63, 3.8) is 0 Å². The molecule has 0 saturated heterocycles. The molecule has 2 heteroatoms. The molecule has 1 saturated carbocycles. The molecule has 1 aromatic carbocycles. The summed E-state index contributed by atoms with van der Waals surface area (Å²) in [5, 5.41) is 0. The average Bonchev–Trinajstić information content (AvgIpc) is 2.44. The Bertz CT molecular complexity index is 455. The third-order valence-electron chi connectivity index (χ3n) is 4.27. The molecule has 0 N–H and O–H groups in total. The molecule has 1 aromatic rings. The fourth-order valence-electron chi connectivity index (χ4n) is 3.32. The summed E-state index contributed by atoms with van der Waals surface area (Å²) < 4.78 is 5.83. The van der Waals surface area contributed by atoms with E-state index in [1.807, 2.05) is 18.2 Å². The van der Waals surface area contributed by atoms with Crippen LogP contribution in [0, 0.1) is 5.41 Å². The minimum absolute atomic E-state index is 0.100. The predicted molar refractivity (Wildman–Crippen MR) is 69.9 cm³/mol. The number of carbonyl (C=O) groups is 1. The van der Waals surface area contributed by atoms with Crippen molar-refractivity contribution in [3.8, 4) is 0 Å². The molecule has 1 aliphatic heterocycles. The Labute approximate surface area is 108 Å². The van der Waals surface area contributed by atoms with Gasteiger partial charge in [0, 0.05) is 6.08 Å². The van der Waals surface area contributed by atoms with Crippen LogP contribution in [-0.2, 0) is 9.53 Å². The van der Waals surface area contributed by atoms with E-state index >= 15 is 0 Å². The first kappa shape index (κ1) is 11.5. The molecule has 1 spiro atoms. The maximum atomic E-state index is 12.4. The number of benzene rings is 1. The number of rotatable bonds is 1. The van der Waals surface area contributed by atoms with E-state index in [0.717, 1.165) is 31.2 Å². The standard InChI is InChI=1S/C16H18O2/c17-14-9-12-18-15(13-7-3-1-4-8-13)16(14)10-5-2-6-11-16/h1,3-4,7-9,12,15H,2,5-6,10-11H2. The number of hydrogen-bond donors (Lipinski definition) is 0. The highest BCUT2D eigenvalue weighted by Crippen LogP contribution is 2.50. The molecule has 1 aliphatic carbocycles. The molecule has 0 bridgehead atoms. The van der Waals surface area contributed by atoms with E-state index in [9.17, 15) is 4.79 Å². The molecule has 2 aliphatic rings. The Morgan fingerprint density at radius 3 is 2.50 bits per heavy atom. The summed E-state index contributed by atoms with van der Waals surface area (Å²) in [5.41, 5.74) is 0.811. The molecular formula is C16H18O2. The maximum absolute atomic E-state index is 12.4. The number of hydrogen-bond acceptors (Lipinski definition) is 2. The van der Waals surface area contributed by atoms with Gasteiger partial charge in [-0.2, -0.15) is 0 Å². The number of carbonyl (C=O) groups excluding carboxylic acids is 1. The monoisotopic (exact) mass is 242 g/mol. The molecule has 0 aromatic heterocycles. The summed E-state index contributed by atoms with van der Waals surface area (Å²) in [6.45, 7) is 0. The van der Waals surface area contributed by atoms with Crippen LogP contribution in [0.25, 0.3) is 0 Å². The highest BCUT2D eigenvalue weighted by atomic mass is 16.5. The van der Waals surface area contributed by atoms with Gasteiger partial charge in [0.15, 0.2) is 5.78 Å². The lowest BCUT2D eigenvalue weighted by Gasteiger charge is -2.42. The lowest BCUT2D eigenvalue weighted by Crippen LogP contribution is -2.41. The minimum Gasteiger partial charge on any atom is -0.492 e.